The lowest BCUT2D eigenvalue weighted by molar-refractivity contribution is 0.335. The highest BCUT2D eigenvalue weighted by atomic mass is 16.5. The van der Waals surface area contributed by atoms with Gasteiger partial charge in [-0.05, 0) is 50.0 Å². The van der Waals surface area contributed by atoms with Crippen molar-refractivity contribution < 1.29 is 4.74 Å². The second kappa shape index (κ2) is 4.47. The van der Waals surface area contributed by atoms with Gasteiger partial charge in [0.05, 0.1) is 6.61 Å². The van der Waals surface area contributed by atoms with E-state index >= 15 is 0 Å². The Balaban J connectivity index is 1.97. The monoisotopic (exact) mass is 191 g/mol. The van der Waals surface area contributed by atoms with Gasteiger partial charge >= 0.3 is 0 Å². The summed E-state index contributed by atoms with van der Waals surface area (Å²) in [5.74, 6) is 1.82. The van der Waals surface area contributed by atoms with Crippen molar-refractivity contribution in [3.8, 4) is 5.75 Å². The molecule has 0 spiro atoms. The average Bonchev–Trinajstić information content (AvgIpc) is 2.13. The van der Waals surface area contributed by atoms with Gasteiger partial charge in [-0.3, -0.25) is 0 Å². The summed E-state index contributed by atoms with van der Waals surface area (Å²) in [6.45, 7) is 5.09. The van der Waals surface area contributed by atoms with Crippen LogP contribution in [0.15, 0.2) is 24.3 Å². The Kier molecular flexibility index (Phi) is 3.04. The molecule has 1 saturated heterocycles. The van der Waals surface area contributed by atoms with Crippen molar-refractivity contribution in [2.45, 2.75) is 13.3 Å². The lowest BCUT2D eigenvalue weighted by Crippen LogP contribution is -2.43. The Labute approximate surface area is 85.3 Å². The molecule has 0 amide bonds. The van der Waals surface area contributed by atoms with E-state index in [9.17, 15) is 0 Å². The van der Waals surface area contributed by atoms with E-state index in [1.54, 1.807) is 0 Å². The molecule has 1 heterocycles. The summed E-state index contributed by atoms with van der Waals surface area (Å²) in [5.41, 5.74) is 1.39. The number of benzene rings is 1. The summed E-state index contributed by atoms with van der Waals surface area (Å²) in [7, 11) is 0. The Morgan fingerprint density at radius 3 is 2.93 bits per heavy atom. The Bertz CT molecular complexity index is 294. The smallest absolute Gasteiger partial charge is 0.119 e. The van der Waals surface area contributed by atoms with E-state index in [1.807, 2.05) is 13.0 Å². The number of rotatable bonds is 4. The van der Waals surface area contributed by atoms with E-state index in [-0.39, 0.29) is 0 Å². The van der Waals surface area contributed by atoms with E-state index in [4.69, 9.17) is 4.74 Å². The van der Waals surface area contributed by atoms with Gasteiger partial charge in [-0.15, -0.1) is 0 Å². The first-order chi connectivity index (χ1) is 6.88. The Hall–Kier alpha value is -1.02. The van der Waals surface area contributed by atoms with Crippen molar-refractivity contribution in [3.63, 3.8) is 0 Å². The molecule has 2 heteroatoms. The number of hydrogen-bond acceptors (Lipinski definition) is 2. The summed E-state index contributed by atoms with van der Waals surface area (Å²) in [5, 5.41) is 3.29. The van der Waals surface area contributed by atoms with Crippen molar-refractivity contribution in [2.24, 2.45) is 5.92 Å². The van der Waals surface area contributed by atoms with Crippen LogP contribution in [0.2, 0.25) is 0 Å². The summed E-state index contributed by atoms with van der Waals surface area (Å²) < 4.78 is 5.46. The standard InChI is InChI=1S/C12H17NO/c1-2-14-12-5-3-4-10(7-12)6-11-8-13-9-11/h3-5,7,11,13H,2,6,8-9H2,1H3. The fraction of sp³-hybridized carbons (Fsp3) is 0.500. The lowest BCUT2D eigenvalue weighted by atomic mass is 9.94. The number of nitrogens with one attached hydrogen (secondary N) is 1. The SMILES string of the molecule is CCOc1cccc(CC2CNC2)c1. The van der Waals surface area contributed by atoms with E-state index in [2.05, 4.69) is 23.5 Å². The summed E-state index contributed by atoms with van der Waals surface area (Å²) in [6, 6.07) is 8.43. The van der Waals surface area contributed by atoms with E-state index in [1.165, 1.54) is 25.1 Å². The molecule has 0 unspecified atom stereocenters. The van der Waals surface area contributed by atoms with Crippen LogP contribution in [0.4, 0.5) is 0 Å². The molecule has 2 nitrogen and oxygen atoms in total. The third-order valence-electron chi connectivity index (χ3n) is 2.60. The summed E-state index contributed by atoms with van der Waals surface area (Å²) in [6.07, 6.45) is 1.17. The lowest BCUT2D eigenvalue weighted by Gasteiger charge is -2.27. The van der Waals surface area contributed by atoms with Crippen molar-refractivity contribution >= 4 is 0 Å². The van der Waals surface area contributed by atoms with Crippen molar-refractivity contribution in [1.82, 2.24) is 5.32 Å². The predicted octanol–water partition coefficient (Wildman–Crippen LogP) is 1.85. The molecule has 1 aromatic rings. The normalized spacial score (nSPS) is 16.4. The van der Waals surface area contributed by atoms with E-state index in [0.717, 1.165) is 18.3 Å². The summed E-state index contributed by atoms with van der Waals surface area (Å²) >= 11 is 0. The molecule has 0 aromatic heterocycles. The second-order valence-corrected chi connectivity index (χ2v) is 3.81. The first-order valence-electron chi connectivity index (χ1n) is 5.31. The van der Waals surface area contributed by atoms with Gasteiger partial charge in [0.25, 0.3) is 0 Å². The zero-order valence-corrected chi connectivity index (χ0v) is 8.62. The molecule has 0 radical (unpaired) electrons. The van der Waals surface area contributed by atoms with Gasteiger partial charge in [0.1, 0.15) is 5.75 Å². The Morgan fingerprint density at radius 1 is 1.43 bits per heavy atom. The van der Waals surface area contributed by atoms with Crippen LogP contribution in [-0.2, 0) is 6.42 Å². The molecular weight excluding hydrogens is 174 g/mol. The highest BCUT2D eigenvalue weighted by Crippen LogP contribution is 2.17. The van der Waals surface area contributed by atoms with Crippen LogP contribution in [0.3, 0.4) is 0 Å². The van der Waals surface area contributed by atoms with Crippen LogP contribution in [-0.4, -0.2) is 19.7 Å². The maximum Gasteiger partial charge on any atom is 0.119 e. The molecule has 0 aliphatic carbocycles. The molecule has 0 saturated carbocycles. The maximum atomic E-state index is 5.46. The van der Waals surface area contributed by atoms with Crippen molar-refractivity contribution in [2.75, 3.05) is 19.7 Å². The van der Waals surface area contributed by atoms with Crippen LogP contribution in [0.5, 0.6) is 5.75 Å². The van der Waals surface area contributed by atoms with Crippen molar-refractivity contribution in [1.29, 1.82) is 0 Å². The zero-order valence-electron chi connectivity index (χ0n) is 8.62. The molecule has 0 bridgehead atoms. The molecule has 1 aromatic carbocycles. The maximum absolute atomic E-state index is 5.46. The fourth-order valence-electron chi connectivity index (χ4n) is 1.76. The highest BCUT2D eigenvalue weighted by Gasteiger charge is 2.16. The first kappa shape index (κ1) is 9.53. The largest absolute Gasteiger partial charge is 0.494 e. The highest BCUT2D eigenvalue weighted by molar-refractivity contribution is 5.29. The third-order valence-corrected chi connectivity index (χ3v) is 2.60. The molecule has 14 heavy (non-hydrogen) atoms. The zero-order chi connectivity index (χ0) is 9.80. The minimum absolute atomic E-state index is 0.744. The van der Waals surface area contributed by atoms with E-state index in [0.29, 0.717) is 0 Å². The van der Waals surface area contributed by atoms with Gasteiger partial charge in [0.2, 0.25) is 0 Å². The molecule has 1 N–H and O–H groups in total. The Morgan fingerprint density at radius 2 is 2.29 bits per heavy atom. The van der Waals surface area contributed by atoms with Crippen LogP contribution in [0, 0.1) is 5.92 Å². The van der Waals surface area contributed by atoms with Crippen LogP contribution in [0.25, 0.3) is 0 Å². The van der Waals surface area contributed by atoms with Crippen LogP contribution in [0.1, 0.15) is 12.5 Å². The van der Waals surface area contributed by atoms with E-state index < -0.39 is 0 Å². The molecule has 1 fully saturated rings. The third kappa shape index (κ3) is 2.26. The summed E-state index contributed by atoms with van der Waals surface area (Å²) in [4.78, 5) is 0. The van der Waals surface area contributed by atoms with Crippen LogP contribution >= 0.6 is 0 Å². The van der Waals surface area contributed by atoms with Gasteiger partial charge in [-0.25, -0.2) is 0 Å². The molecule has 76 valence electrons. The fourth-order valence-corrected chi connectivity index (χ4v) is 1.76. The molecule has 0 atom stereocenters. The topological polar surface area (TPSA) is 21.3 Å². The number of ether oxygens (including phenoxy) is 1. The van der Waals surface area contributed by atoms with Gasteiger partial charge in [-0.1, -0.05) is 12.1 Å². The van der Waals surface area contributed by atoms with Crippen molar-refractivity contribution in [3.05, 3.63) is 29.8 Å². The van der Waals surface area contributed by atoms with Crippen LogP contribution < -0.4 is 10.1 Å². The molecule has 1 aliphatic heterocycles. The molecular formula is C12H17NO. The van der Waals surface area contributed by atoms with Gasteiger partial charge in [0.15, 0.2) is 0 Å². The number of hydrogen-bond donors (Lipinski definition) is 1. The average molecular weight is 191 g/mol. The predicted molar refractivity (Wildman–Crippen MR) is 57.7 cm³/mol. The minimum atomic E-state index is 0.744. The molecule has 2 rings (SSSR count). The second-order valence-electron chi connectivity index (χ2n) is 3.81. The van der Waals surface area contributed by atoms with Gasteiger partial charge in [-0.2, -0.15) is 0 Å². The quantitative estimate of drug-likeness (QED) is 0.784. The molecule has 1 aliphatic rings. The minimum Gasteiger partial charge on any atom is -0.494 e. The first-order valence-corrected chi connectivity index (χ1v) is 5.31. The van der Waals surface area contributed by atoms with Gasteiger partial charge < -0.3 is 10.1 Å². The van der Waals surface area contributed by atoms with Gasteiger partial charge in [0, 0.05) is 0 Å².